The molecule has 0 spiro atoms. The van der Waals surface area contributed by atoms with E-state index < -0.39 is 16.5 Å². The third-order valence-electron chi connectivity index (χ3n) is 6.35. The molecule has 4 aromatic rings. The average molecular weight is 518 g/mol. The zero-order chi connectivity index (χ0) is 27.6. The van der Waals surface area contributed by atoms with Crippen LogP contribution < -0.4 is 4.74 Å². The zero-order valence-corrected chi connectivity index (χ0v) is 22.1. The number of aryl methyl sites for hydroxylation is 2. The number of benzene rings is 3. The molecule has 0 saturated heterocycles. The molecule has 1 N–H and O–H groups in total. The van der Waals surface area contributed by atoms with Gasteiger partial charge in [0.25, 0.3) is 5.69 Å². The second kappa shape index (κ2) is 10.6. The van der Waals surface area contributed by atoms with Crippen molar-refractivity contribution in [3.05, 3.63) is 81.4 Å². The lowest BCUT2D eigenvalue weighted by molar-refractivity contribution is -0.384. The van der Waals surface area contributed by atoms with Gasteiger partial charge in [0.2, 0.25) is 0 Å². The maximum Gasteiger partial charge on any atom is 0.332 e. The standard InChI is InChI=1S/C29H31N3O6/c1-6-31-26-11-7-20(16-24(26)25-17-21(32(35)36)8-12-27(25)31)28(30-38-19(3)33)23-10-9-22(15-18(23)2)37-14-13-29(4,5)34/h7-12,15-17,34H,6,13-14H2,1-5H3/b30-28-. The lowest BCUT2D eigenvalue weighted by atomic mass is 9.96. The second-order valence-corrected chi connectivity index (χ2v) is 9.85. The first-order valence-corrected chi connectivity index (χ1v) is 12.4. The van der Waals surface area contributed by atoms with Crippen LogP contribution in [-0.2, 0) is 16.2 Å². The SMILES string of the molecule is CCn1c2ccc(/C(=N/OC(C)=O)c3ccc(OCCC(C)(C)O)cc3C)cc2c2cc([N+](=O)[O-])ccc21. The summed E-state index contributed by atoms with van der Waals surface area (Å²) in [5, 5.41) is 27.2. The highest BCUT2D eigenvalue weighted by atomic mass is 16.7. The van der Waals surface area contributed by atoms with Gasteiger partial charge in [-0.15, -0.1) is 0 Å². The molecule has 0 bridgehead atoms. The molecule has 38 heavy (non-hydrogen) atoms. The van der Waals surface area contributed by atoms with E-state index in [9.17, 15) is 20.0 Å². The van der Waals surface area contributed by atoms with Crippen molar-refractivity contribution < 1.29 is 24.4 Å². The molecule has 3 aromatic carbocycles. The lowest BCUT2D eigenvalue weighted by Gasteiger charge is -2.17. The van der Waals surface area contributed by atoms with Gasteiger partial charge >= 0.3 is 5.97 Å². The van der Waals surface area contributed by atoms with Crippen LogP contribution in [-0.4, -0.2) is 38.5 Å². The number of rotatable bonds is 9. The summed E-state index contributed by atoms with van der Waals surface area (Å²) in [6.45, 7) is 9.73. The van der Waals surface area contributed by atoms with Gasteiger partial charge in [-0.05, 0) is 69.7 Å². The van der Waals surface area contributed by atoms with E-state index in [1.807, 2.05) is 44.2 Å². The number of aromatic nitrogens is 1. The molecule has 0 aliphatic rings. The number of aliphatic hydroxyl groups is 1. The van der Waals surface area contributed by atoms with E-state index in [0.717, 1.165) is 32.9 Å². The van der Waals surface area contributed by atoms with E-state index in [1.165, 1.54) is 13.0 Å². The largest absolute Gasteiger partial charge is 0.493 e. The normalized spacial score (nSPS) is 12.2. The molecule has 1 aromatic heterocycles. The maximum atomic E-state index is 11.6. The van der Waals surface area contributed by atoms with Crippen molar-refractivity contribution in [2.75, 3.05) is 6.61 Å². The van der Waals surface area contributed by atoms with Crippen molar-refractivity contribution in [2.24, 2.45) is 5.16 Å². The predicted molar refractivity (Wildman–Crippen MR) is 147 cm³/mol. The summed E-state index contributed by atoms with van der Waals surface area (Å²) < 4.78 is 7.91. The minimum Gasteiger partial charge on any atom is -0.493 e. The summed E-state index contributed by atoms with van der Waals surface area (Å²) in [5.74, 6) is 0.0992. The van der Waals surface area contributed by atoms with E-state index in [1.54, 1.807) is 32.0 Å². The molecule has 0 amide bonds. The second-order valence-electron chi connectivity index (χ2n) is 9.85. The van der Waals surface area contributed by atoms with E-state index in [-0.39, 0.29) is 5.69 Å². The molecule has 9 heteroatoms. The fraction of sp³-hybridized carbons (Fsp3) is 0.310. The Morgan fingerprint density at radius 1 is 1.08 bits per heavy atom. The van der Waals surface area contributed by atoms with Crippen LogP contribution >= 0.6 is 0 Å². The average Bonchev–Trinajstić information content (AvgIpc) is 3.16. The number of ether oxygens (including phenoxy) is 1. The minimum atomic E-state index is -0.821. The van der Waals surface area contributed by atoms with Crippen LogP contribution in [0.3, 0.4) is 0 Å². The number of hydrogen-bond acceptors (Lipinski definition) is 7. The molecule has 0 atom stereocenters. The first-order chi connectivity index (χ1) is 18.0. The Hall–Kier alpha value is -4.24. The Morgan fingerprint density at radius 3 is 2.37 bits per heavy atom. The highest BCUT2D eigenvalue weighted by Gasteiger charge is 2.18. The summed E-state index contributed by atoms with van der Waals surface area (Å²) in [6.07, 6.45) is 0.483. The van der Waals surface area contributed by atoms with Crippen LogP contribution in [0.5, 0.6) is 5.75 Å². The molecule has 0 aliphatic carbocycles. The lowest BCUT2D eigenvalue weighted by Crippen LogP contribution is -2.21. The van der Waals surface area contributed by atoms with Gasteiger partial charge in [-0.25, -0.2) is 4.79 Å². The number of nitrogens with zero attached hydrogens (tertiary/aromatic N) is 3. The number of non-ortho nitro benzene ring substituents is 1. The van der Waals surface area contributed by atoms with E-state index >= 15 is 0 Å². The third kappa shape index (κ3) is 5.68. The fourth-order valence-corrected chi connectivity index (χ4v) is 4.47. The molecule has 0 aliphatic heterocycles. The molecule has 0 fully saturated rings. The van der Waals surface area contributed by atoms with Crippen molar-refractivity contribution in [3.63, 3.8) is 0 Å². The van der Waals surface area contributed by atoms with Gasteiger partial charge in [0.15, 0.2) is 0 Å². The number of oxime groups is 1. The van der Waals surface area contributed by atoms with Crippen molar-refractivity contribution in [3.8, 4) is 5.75 Å². The zero-order valence-electron chi connectivity index (χ0n) is 22.1. The van der Waals surface area contributed by atoms with Crippen LogP contribution in [0, 0.1) is 17.0 Å². The summed E-state index contributed by atoms with van der Waals surface area (Å²) in [5.41, 5.74) is 3.76. The number of nitro benzene ring substituents is 1. The van der Waals surface area contributed by atoms with Crippen molar-refractivity contribution in [2.45, 2.75) is 53.2 Å². The molecular weight excluding hydrogens is 486 g/mol. The number of fused-ring (bicyclic) bond motifs is 3. The van der Waals surface area contributed by atoms with Gasteiger partial charge < -0.3 is 19.2 Å². The Morgan fingerprint density at radius 2 is 1.76 bits per heavy atom. The summed E-state index contributed by atoms with van der Waals surface area (Å²) >= 11 is 0. The van der Waals surface area contributed by atoms with Gasteiger partial charge in [0.1, 0.15) is 11.5 Å². The molecule has 0 radical (unpaired) electrons. The third-order valence-corrected chi connectivity index (χ3v) is 6.35. The van der Waals surface area contributed by atoms with Crippen molar-refractivity contribution >= 4 is 39.2 Å². The van der Waals surface area contributed by atoms with Gasteiger partial charge in [0, 0.05) is 65.0 Å². The Bertz CT molecular complexity index is 1560. The summed E-state index contributed by atoms with van der Waals surface area (Å²) in [4.78, 5) is 27.8. The van der Waals surface area contributed by atoms with Gasteiger partial charge in [-0.1, -0.05) is 11.2 Å². The smallest absolute Gasteiger partial charge is 0.332 e. The topological polar surface area (TPSA) is 116 Å². The molecule has 198 valence electrons. The summed E-state index contributed by atoms with van der Waals surface area (Å²) in [7, 11) is 0. The van der Waals surface area contributed by atoms with E-state index in [2.05, 4.69) is 9.72 Å². The molecule has 0 saturated carbocycles. The highest BCUT2D eigenvalue weighted by Crippen LogP contribution is 2.33. The molecule has 4 rings (SSSR count). The van der Waals surface area contributed by atoms with Crippen LogP contribution in [0.2, 0.25) is 0 Å². The maximum absolute atomic E-state index is 11.6. The van der Waals surface area contributed by atoms with Crippen molar-refractivity contribution in [1.29, 1.82) is 0 Å². The van der Waals surface area contributed by atoms with Crippen LogP contribution in [0.15, 0.2) is 59.8 Å². The number of nitro groups is 1. The fourth-order valence-electron chi connectivity index (χ4n) is 4.47. The van der Waals surface area contributed by atoms with E-state index in [4.69, 9.17) is 9.57 Å². The number of carbonyl (C=O) groups is 1. The monoisotopic (exact) mass is 517 g/mol. The van der Waals surface area contributed by atoms with Crippen LogP contribution in [0.1, 0.15) is 50.8 Å². The van der Waals surface area contributed by atoms with Gasteiger partial charge in [-0.3, -0.25) is 10.1 Å². The first-order valence-electron chi connectivity index (χ1n) is 12.4. The van der Waals surface area contributed by atoms with Gasteiger partial charge in [-0.2, -0.15) is 0 Å². The molecular formula is C29H31N3O6. The number of hydrogen-bond donors (Lipinski definition) is 1. The number of carbonyl (C=O) groups excluding carboxylic acids is 1. The van der Waals surface area contributed by atoms with Crippen LogP contribution in [0.25, 0.3) is 21.8 Å². The Kier molecular flexibility index (Phi) is 7.50. The Balaban J connectivity index is 1.81. The first kappa shape index (κ1) is 26.8. The minimum absolute atomic E-state index is 0.0166. The van der Waals surface area contributed by atoms with Crippen LogP contribution in [0.4, 0.5) is 5.69 Å². The molecule has 1 heterocycles. The quantitative estimate of drug-likeness (QED) is 0.128. The highest BCUT2D eigenvalue weighted by molar-refractivity contribution is 6.17. The van der Waals surface area contributed by atoms with Gasteiger partial charge in [0.05, 0.1) is 17.1 Å². The predicted octanol–water partition coefficient (Wildman–Crippen LogP) is 5.89. The molecule has 0 unspecified atom stereocenters. The van der Waals surface area contributed by atoms with Crippen molar-refractivity contribution in [1.82, 2.24) is 4.57 Å². The summed E-state index contributed by atoms with van der Waals surface area (Å²) in [6, 6.07) is 16.2. The van der Waals surface area contributed by atoms with E-state index in [0.29, 0.717) is 36.6 Å². The Labute approximate surface area is 220 Å². The molecule has 9 nitrogen and oxygen atoms in total.